The van der Waals surface area contributed by atoms with E-state index < -0.39 is 5.60 Å². The minimum absolute atomic E-state index is 0.104. The lowest BCUT2D eigenvalue weighted by Gasteiger charge is -2.35. The van der Waals surface area contributed by atoms with Gasteiger partial charge in [-0.05, 0) is 75.4 Å². The predicted octanol–water partition coefficient (Wildman–Crippen LogP) is 4.00. The third-order valence-corrected chi connectivity index (χ3v) is 5.20. The normalized spacial score (nSPS) is 17.4. The average molecular weight is 443 g/mol. The maximum absolute atomic E-state index is 12.5. The second-order valence-electron chi connectivity index (χ2n) is 9.11. The van der Waals surface area contributed by atoms with Crippen molar-refractivity contribution in [2.24, 2.45) is 0 Å². The Kier molecular flexibility index (Phi) is 8.72. The van der Waals surface area contributed by atoms with E-state index in [9.17, 15) is 4.79 Å². The number of benzene rings is 1. The van der Waals surface area contributed by atoms with Gasteiger partial charge in [0.25, 0.3) is 0 Å². The first-order valence-electron chi connectivity index (χ1n) is 11.0. The number of piperidine rings is 1. The molecule has 1 atom stereocenters. The molecule has 1 unspecified atom stereocenters. The van der Waals surface area contributed by atoms with E-state index in [4.69, 9.17) is 15.9 Å². The molecule has 1 aliphatic heterocycles. The Balaban J connectivity index is 2.20. The van der Waals surface area contributed by atoms with Crippen LogP contribution >= 0.6 is 0 Å². The van der Waals surface area contributed by atoms with Gasteiger partial charge in [0.05, 0.1) is 11.4 Å². The standard InChI is InChI=1S/C24H38N6O2/c1-17-13-22(21(26)14-20(17)18(9-7-11-25)15-29(6)27-5)28-19-10-8-12-30(16-19)23(31)32-24(2,3)4/h7,9,11,13-15,19,25,27-28H,8,10,12,16,26H2,1-6H3/b9-7-,18-15+,25-11?. The van der Waals surface area contributed by atoms with Crippen molar-refractivity contribution in [2.45, 2.75) is 52.2 Å². The van der Waals surface area contributed by atoms with E-state index in [1.165, 1.54) is 6.21 Å². The van der Waals surface area contributed by atoms with E-state index in [0.29, 0.717) is 18.8 Å². The van der Waals surface area contributed by atoms with Gasteiger partial charge in [0.15, 0.2) is 0 Å². The fourth-order valence-corrected chi connectivity index (χ4v) is 3.60. The number of carbonyl (C=O) groups excluding carboxylic acids is 1. The Morgan fingerprint density at radius 1 is 1.38 bits per heavy atom. The van der Waals surface area contributed by atoms with E-state index >= 15 is 0 Å². The fourth-order valence-electron chi connectivity index (χ4n) is 3.60. The third kappa shape index (κ3) is 7.30. The summed E-state index contributed by atoms with van der Waals surface area (Å²) in [5.74, 6) is 0. The molecule has 0 aliphatic carbocycles. The third-order valence-electron chi connectivity index (χ3n) is 5.20. The van der Waals surface area contributed by atoms with E-state index in [2.05, 4.69) is 10.7 Å². The van der Waals surface area contributed by atoms with Crippen LogP contribution < -0.4 is 16.5 Å². The number of nitrogens with zero attached hydrogens (tertiary/aromatic N) is 2. The number of hydrazine groups is 1. The molecule has 5 N–H and O–H groups in total. The monoisotopic (exact) mass is 442 g/mol. The minimum atomic E-state index is -0.506. The summed E-state index contributed by atoms with van der Waals surface area (Å²) in [7, 11) is 3.75. The maximum Gasteiger partial charge on any atom is 0.410 e. The molecule has 0 radical (unpaired) electrons. The summed E-state index contributed by atoms with van der Waals surface area (Å²) in [6, 6.07) is 4.10. The summed E-state index contributed by atoms with van der Waals surface area (Å²) in [5, 5.41) is 12.7. The molecule has 0 bridgehead atoms. The van der Waals surface area contributed by atoms with Crippen LogP contribution in [0.4, 0.5) is 16.2 Å². The number of hydrogen-bond donors (Lipinski definition) is 4. The molecule has 1 saturated heterocycles. The van der Waals surface area contributed by atoms with Crippen LogP contribution in [0.15, 0.2) is 30.5 Å². The van der Waals surface area contributed by atoms with Gasteiger partial charge < -0.3 is 31.1 Å². The number of nitrogen functional groups attached to an aromatic ring is 1. The molecule has 1 aromatic rings. The van der Waals surface area contributed by atoms with Gasteiger partial charge in [-0.15, -0.1) is 0 Å². The van der Waals surface area contributed by atoms with Crippen molar-refractivity contribution in [1.29, 1.82) is 5.41 Å². The molecule has 1 heterocycles. The Bertz CT molecular complexity index is 872. The molecule has 2 rings (SSSR count). The Labute approximate surface area is 192 Å². The van der Waals surface area contributed by atoms with Gasteiger partial charge in [0.2, 0.25) is 0 Å². The zero-order valence-electron chi connectivity index (χ0n) is 20.2. The second kappa shape index (κ2) is 11.0. The van der Waals surface area contributed by atoms with Crippen molar-refractivity contribution in [1.82, 2.24) is 15.3 Å². The highest BCUT2D eigenvalue weighted by Crippen LogP contribution is 2.30. The highest BCUT2D eigenvalue weighted by atomic mass is 16.6. The van der Waals surface area contributed by atoms with Gasteiger partial charge in [-0.25, -0.2) is 10.2 Å². The molecule has 0 aromatic heterocycles. The lowest BCUT2D eigenvalue weighted by Crippen LogP contribution is -2.47. The van der Waals surface area contributed by atoms with E-state index in [1.54, 1.807) is 11.0 Å². The van der Waals surface area contributed by atoms with Gasteiger partial charge in [-0.2, -0.15) is 0 Å². The smallest absolute Gasteiger partial charge is 0.410 e. The Morgan fingerprint density at radius 3 is 2.72 bits per heavy atom. The van der Waals surface area contributed by atoms with Crippen molar-refractivity contribution in [3.05, 3.63) is 41.6 Å². The van der Waals surface area contributed by atoms with Crippen molar-refractivity contribution in [3.63, 3.8) is 0 Å². The van der Waals surface area contributed by atoms with E-state index in [0.717, 1.165) is 35.2 Å². The second-order valence-corrected chi connectivity index (χ2v) is 9.11. The highest BCUT2D eigenvalue weighted by Gasteiger charge is 2.28. The number of nitrogens with one attached hydrogen (secondary N) is 3. The molecule has 8 heteroatoms. The molecule has 1 amide bonds. The van der Waals surface area contributed by atoms with Gasteiger partial charge in [-0.3, -0.25) is 0 Å². The van der Waals surface area contributed by atoms with Crippen LogP contribution in [0.25, 0.3) is 5.57 Å². The first-order chi connectivity index (χ1) is 15.0. The number of ether oxygens (including phenoxy) is 1. The molecule has 8 nitrogen and oxygen atoms in total. The maximum atomic E-state index is 12.5. The Morgan fingerprint density at radius 2 is 2.09 bits per heavy atom. The number of likely N-dealkylation sites (tertiary alicyclic amines) is 1. The van der Waals surface area contributed by atoms with E-state index in [1.807, 2.05) is 71.2 Å². The summed E-state index contributed by atoms with van der Waals surface area (Å²) in [6.07, 6.45) is 8.37. The summed E-state index contributed by atoms with van der Waals surface area (Å²) in [5.41, 5.74) is 13.5. The first-order valence-corrected chi connectivity index (χ1v) is 11.0. The van der Waals surface area contributed by atoms with Crippen LogP contribution in [-0.2, 0) is 4.74 Å². The van der Waals surface area contributed by atoms with E-state index in [-0.39, 0.29) is 12.1 Å². The topological polar surface area (TPSA) is 107 Å². The fraction of sp³-hybridized carbons (Fsp3) is 0.500. The van der Waals surface area contributed by atoms with Crippen molar-refractivity contribution < 1.29 is 9.53 Å². The summed E-state index contributed by atoms with van der Waals surface area (Å²) in [4.78, 5) is 14.2. The van der Waals surface area contributed by atoms with Crippen LogP contribution in [0.2, 0.25) is 0 Å². The molecular weight excluding hydrogens is 404 g/mol. The molecule has 1 aliphatic rings. The number of nitrogens with two attached hydrogens (primary N) is 1. The van der Waals surface area contributed by atoms with Gasteiger partial charge >= 0.3 is 6.09 Å². The summed E-state index contributed by atoms with van der Waals surface area (Å²) < 4.78 is 5.53. The van der Waals surface area contributed by atoms with Gasteiger partial charge in [-0.1, -0.05) is 6.08 Å². The van der Waals surface area contributed by atoms with Crippen LogP contribution in [-0.4, -0.2) is 61.0 Å². The van der Waals surface area contributed by atoms with Gasteiger partial charge in [0.1, 0.15) is 5.60 Å². The molecule has 0 spiro atoms. The van der Waals surface area contributed by atoms with Crippen LogP contribution in [0.1, 0.15) is 44.7 Å². The molecule has 1 aromatic carbocycles. The summed E-state index contributed by atoms with van der Waals surface area (Å²) >= 11 is 0. The quantitative estimate of drug-likeness (QED) is 0.220. The minimum Gasteiger partial charge on any atom is -0.444 e. The summed E-state index contributed by atoms with van der Waals surface area (Å²) in [6.45, 7) is 8.96. The predicted molar refractivity (Wildman–Crippen MR) is 133 cm³/mol. The zero-order chi connectivity index (χ0) is 23.9. The molecular formula is C24H38N6O2. The number of allylic oxidation sites excluding steroid dienone is 3. The van der Waals surface area contributed by atoms with Gasteiger partial charge in [0, 0.05) is 45.6 Å². The van der Waals surface area contributed by atoms with Crippen LogP contribution in [0.5, 0.6) is 0 Å². The first kappa shape index (κ1) is 25.3. The zero-order valence-corrected chi connectivity index (χ0v) is 20.2. The van der Waals surface area contributed by atoms with Crippen molar-refractivity contribution >= 4 is 29.3 Å². The number of rotatable bonds is 7. The SMILES string of the molecule is CNN(C)/C=C(\C=C/C=N)c1cc(N)c(NC2CCCN(C(=O)OC(C)(C)C)C2)cc1C. The lowest BCUT2D eigenvalue weighted by atomic mass is 9.98. The molecule has 0 saturated carbocycles. The molecule has 1 fully saturated rings. The number of anilines is 2. The van der Waals surface area contributed by atoms with Crippen molar-refractivity contribution in [3.8, 4) is 0 Å². The van der Waals surface area contributed by atoms with Crippen LogP contribution in [0, 0.1) is 12.3 Å². The van der Waals surface area contributed by atoms with Crippen LogP contribution in [0.3, 0.4) is 0 Å². The number of aryl methyl sites for hydroxylation is 1. The number of amides is 1. The number of carbonyl (C=O) groups is 1. The molecule has 176 valence electrons. The highest BCUT2D eigenvalue weighted by molar-refractivity contribution is 5.84. The average Bonchev–Trinajstić information content (AvgIpc) is 2.72. The van der Waals surface area contributed by atoms with Crippen molar-refractivity contribution in [2.75, 3.05) is 38.2 Å². The lowest BCUT2D eigenvalue weighted by molar-refractivity contribution is 0.0206. The molecule has 32 heavy (non-hydrogen) atoms. The Hall–Kier alpha value is -3.00. The largest absolute Gasteiger partial charge is 0.444 e. The number of hydrogen-bond acceptors (Lipinski definition) is 7.